The summed E-state index contributed by atoms with van der Waals surface area (Å²) in [4.78, 5) is 4.16. The number of benzene rings is 1. The van der Waals surface area contributed by atoms with Gasteiger partial charge in [-0.25, -0.2) is 4.98 Å². The number of halogens is 3. The van der Waals surface area contributed by atoms with E-state index in [4.69, 9.17) is 5.73 Å². The molecular formula is C15H12F3N3. The van der Waals surface area contributed by atoms with Crippen molar-refractivity contribution in [3.8, 4) is 11.4 Å². The predicted octanol–water partition coefficient (Wildman–Crippen LogP) is 3.48. The van der Waals surface area contributed by atoms with Crippen molar-refractivity contribution in [3.05, 3.63) is 59.9 Å². The van der Waals surface area contributed by atoms with E-state index in [1.807, 2.05) is 0 Å². The van der Waals surface area contributed by atoms with Crippen LogP contribution in [0.2, 0.25) is 0 Å². The molecule has 21 heavy (non-hydrogen) atoms. The van der Waals surface area contributed by atoms with Crippen LogP contribution in [-0.4, -0.2) is 9.38 Å². The first kappa shape index (κ1) is 13.6. The Bertz CT molecular complexity index is 790. The van der Waals surface area contributed by atoms with Gasteiger partial charge in [-0.15, -0.1) is 0 Å². The van der Waals surface area contributed by atoms with Gasteiger partial charge < -0.3 is 5.73 Å². The molecular weight excluding hydrogens is 279 g/mol. The van der Waals surface area contributed by atoms with Crippen molar-refractivity contribution >= 4 is 5.52 Å². The molecule has 0 aliphatic carbocycles. The van der Waals surface area contributed by atoms with Gasteiger partial charge in [0, 0.05) is 17.8 Å². The molecule has 6 heteroatoms. The highest BCUT2D eigenvalue weighted by Crippen LogP contribution is 2.36. The number of rotatable bonds is 2. The van der Waals surface area contributed by atoms with E-state index in [9.17, 15) is 13.2 Å². The molecule has 2 N–H and O–H groups in total. The van der Waals surface area contributed by atoms with Crippen LogP contribution in [0, 0.1) is 0 Å². The van der Waals surface area contributed by atoms with Crippen LogP contribution in [0.15, 0.2) is 48.7 Å². The second-order valence-electron chi connectivity index (χ2n) is 4.61. The van der Waals surface area contributed by atoms with E-state index in [-0.39, 0.29) is 17.9 Å². The number of imidazole rings is 1. The minimum Gasteiger partial charge on any atom is -0.325 e. The smallest absolute Gasteiger partial charge is 0.325 e. The number of nitrogens with zero attached hydrogens (tertiary/aromatic N) is 2. The van der Waals surface area contributed by atoms with Gasteiger partial charge in [0.2, 0.25) is 0 Å². The van der Waals surface area contributed by atoms with Gasteiger partial charge in [-0.05, 0) is 18.2 Å². The first-order valence-electron chi connectivity index (χ1n) is 6.34. The van der Waals surface area contributed by atoms with Crippen LogP contribution in [0.5, 0.6) is 0 Å². The number of hydrogen-bond acceptors (Lipinski definition) is 2. The molecule has 2 aromatic heterocycles. The molecule has 0 unspecified atom stereocenters. The number of alkyl halides is 3. The van der Waals surface area contributed by atoms with Gasteiger partial charge in [-0.3, -0.25) is 4.40 Å². The van der Waals surface area contributed by atoms with Gasteiger partial charge in [0.05, 0.1) is 17.3 Å². The van der Waals surface area contributed by atoms with Crippen molar-refractivity contribution in [1.82, 2.24) is 9.38 Å². The Balaban J connectivity index is 2.32. The van der Waals surface area contributed by atoms with Gasteiger partial charge in [0.25, 0.3) is 0 Å². The summed E-state index contributed by atoms with van der Waals surface area (Å²) >= 11 is 0. The molecule has 0 saturated carbocycles. The maximum Gasteiger partial charge on any atom is 0.417 e. The van der Waals surface area contributed by atoms with E-state index in [0.717, 1.165) is 6.07 Å². The molecule has 3 rings (SSSR count). The van der Waals surface area contributed by atoms with Crippen molar-refractivity contribution in [2.75, 3.05) is 0 Å². The lowest BCUT2D eigenvalue weighted by atomic mass is 10.1. The molecule has 0 saturated heterocycles. The van der Waals surface area contributed by atoms with Gasteiger partial charge in [0.15, 0.2) is 0 Å². The molecule has 0 bridgehead atoms. The fraction of sp³-hybridized carbons (Fsp3) is 0.133. The molecule has 0 radical (unpaired) electrons. The normalized spacial score (nSPS) is 12.0. The van der Waals surface area contributed by atoms with E-state index in [1.165, 1.54) is 12.1 Å². The van der Waals surface area contributed by atoms with Crippen LogP contribution in [0.3, 0.4) is 0 Å². The minimum atomic E-state index is -4.43. The van der Waals surface area contributed by atoms with Crippen LogP contribution >= 0.6 is 0 Å². The molecule has 108 valence electrons. The second kappa shape index (κ2) is 4.89. The third kappa shape index (κ3) is 2.27. The number of pyridine rings is 1. The summed E-state index contributed by atoms with van der Waals surface area (Å²) < 4.78 is 41.1. The topological polar surface area (TPSA) is 43.3 Å². The molecule has 1 aromatic carbocycles. The standard InChI is InChI=1S/C15H12F3N3/c16-15(17,18)13-7-2-1-6-12(13)14-20-9-11-5-3-4-10(8-19)21(11)14/h1-7,9H,8,19H2. The Morgan fingerprint density at radius 1 is 1.05 bits per heavy atom. The SMILES string of the molecule is NCc1cccc2cnc(-c3ccccc3C(F)(F)F)n12. The third-order valence-corrected chi connectivity index (χ3v) is 3.31. The largest absolute Gasteiger partial charge is 0.417 e. The maximum atomic E-state index is 13.2. The van der Waals surface area contributed by atoms with Crippen molar-refractivity contribution < 1.29 is 13.2 Å². The average molecular weight is 291 g/mol. The van der Waals surface area contributed by atoms with Crippen LogP contribution in [0.1, 0.15) is 11.3 Å². The summed E-state index contributed by atoms with van der Waals surface area (Å²) in [6.07, 6.45) is -2.89. The third-order valence-electron chi connectivity index (χ3n) is 3.31. The summed E-state index contributed by atoms with van der Waals surface area (Å²) in [7, 11) is 0. The summed E-state index contributed by atoms with van der Waals surface area (Å²) in [5, 5.41) is 0. The zero-order valence-corrected chi connectivity index (χ0v) is 10.9. The fourth-order valence-electron chi connectivity index (χ4n) is 2.39. The molecule has 0 aliphatic rings. The fourth-order valence-corrected chi connectivity index (χ4v) is 2.39. The molecule has 3 aromatic rings. The lowest BCUT2D eigenvalue weighted by molar-refractivity contribution is -0.137. The Kier molecular flexibility index (Phi) is 3.17. The second-order valence-corrected chi connectivity index (χ2v) is 4.61. The summed E-state index contributed by atoms with van der Waals surface area (Å²) in [5.41, 5.74) is 6.44. The zero-order chi connectivity index (χ0) is 15.0. The molecule has 0 aliphatic heterocycles. The van der Waals surface area contributed by atoms with E-state index in [0.29, 0.717) is 11.2 Å². The van der Waals surface area contributed by atoms with Crippen molar-refractivity contribution in [2.24, 2.45) is 5.73 Å². The molecule has 2 heterocycles. The summed E-state index contributed by atoms with van der Waals surface area (Å²) in [6, 6.07) is 10.8. The van der Waals surface area contributed by atoms with E-state index in [2.05, 4.69) is 4.98 Å². The van der Waals surface area contributed by atoms with Gasteiger partial charge in [-0.1, -0.05) is 24.3 Å². The first-order chi connectivity index (χ1) is 10.0. The Morgan fingerprint density at radius 3 is 2.52 bits per heavy atom. The number of nitrogens with two attached hydrogens (primary N) is 1. The Labute approximate surface area is 118 Å². The van der Waals surface area contributed by atoms with Crippen molar-refractivity contribution in [2.45, 2.75) is 12.7 Å². The van der Waals surface area contributed by atoms with Crippen LogP contribution in [0.25, 0.3) is 16.9 Å². The highest BCUT2D eigenvalue weighted by atomic mass is 19.4. The van der Waals surface area contributed by atoms with Crippen molar-refractivity contribution in [1.29, 1.82) is 0 Å². The zero-order valence-electron chi connectivity index (χ0n) is 10.9. The molecule has 0 amide bonds. The van der Waals surface area contributed by atoms with E-state index < -0.39 is 11.7 Å². The van der Waals surface area contributed by atoms with Gasteiger partial charge in [-0.2, -0.15) is 13.2 Å². The van der Waals surface area contributed by atoms with E-state index in [1.54, 1.807) is 34.9 Å². The lowest BCUT2D eigenvalue weighted by Gasteiger charge is -2.13. The highest BCUT2D eigenvalue weighted by molar-refractivity contribution is 5.67. The monoisotopic (exact) mass is 291 g/mol. The quantitative estimate of drug-likeness (QED) is 0.785. The van der Waals surface area contributed by atoms with Gasteiger partial charge >= 0.3 is 6.18 Å². The molecule has 0 fully saturated rings. The molecule has 0 spiro atoms. The summed E-state index contributed by atoms with van der Waals surface area (Å²) in [6.45, 7) is 0.217. The van der Waals surface area contributed by atoms with Gasteiger partial charge in [0.1, 0.15) is 5.82 Å². The van der Waals surface area contributed by atoms with Crippen LogP contribution in [-0.2, 0) is 12.7 Å². The molecule has 3 nitrogen and oxygen atoms in total. The first-order valence-corrected chi connectivity index (χ1v) is 6.34. The summed E-state index contributed by atoms with van der Waals surface area (Å²) in [5.74, 6) is 0.249. The number of hydrogen-bond donors (Lipinski definition) is 1. The predicted molar refractivity (Wildman–Crippen MR) is 73.5 cm³/mol. The van der Waals surface area contributed by atoms with E-state index >= 15 is 0 Å². The van der Waals surface area contributed by atoms with Crippen molar-refractivity contribution in [3.63, 3.8) is 0 Å². The Hall–Kier alpha value is -2.34. The highest BCUT2D eigenvalue weighted by Gasteiger charge is 2.34. The lowest BCUT2D eigenvalue weighted by Crippen LogP contribution is -2.09. The van der Waals surface area contributed by atoms with Crippen LogP contribution in [0.4, 0.5) is 13.2 Å². The molecule has 0 atom stereocenters. The minimum absolute atomic E-state index is 0.0471. The average Bonchev–Trinajstić information content (AvgIpc) is 2.90. The number of aromatic nitrogens is 2. The van der Waals surface area contributed by atoms with Crippen LogP contribution < -0.4 is 5.73 Å². The maximum absolute atomic E-state index is 13.2. The number of fused-ring (bicyclic) bond motifs is 1. The Morgan fingerprint density at radius 2 is 1.81 bits per heavy atom.